The largest absolute Gasteiger partial charge is 0.497 e. The minimum atomic E-state index is -0.0168. The summed E-state index contributed by atoms with van der Waals surface area (Å²) >= 11 is 0. The zero-order valence-corrected chi connectivity index (χ0v) is 23.8. The molecule has 1 aliphatic heterocycles. The molecule has 4 aromatic rings. The molecule has 5 rings (SSSR count). The van der Waals surface area contributed by atoms with Gasteiger partial charge in [-0.1, -0.05) is 36.4 Å². The van der Waals surface area contributed by atoms with Crippen molar-refractivity contribution in [3.05, 3.63) is 100.0 Å². The second-order valence-electron chi connectivity index (χ2n) is 10.6. The van der Waals surface area contributed by atoms with Gasteiger partial charge in [0.05, 0.1) is 18.1 Å². The van der Waals surface area contributed by atoms with Crippen LogP contribution in [0.4, 0.5) is 0 Å². The number of fused-ring (bicyclic) bond motifs is 1. The van der Waals surface area contributed by atoms with E-state index in [1.807, 2.05) is 71.8 Å². The van der Waals surface area contributed by atoms with Crippen LogP contribution in [0.5, 0.6) is 5.75 Å². The van der Waals surface area contributed by atoms with Crippen LogP contribution in [0.25, 0.3) is 11.0 Å². The molecule has 7 nitrogen and oxygen atoms in total. The van der Waals surface area contributed by atoms with E-state index in [1.165, 1.54) is 5.56 Å². The second-order valence-corrected chi connectivity index (χ2v) is 10.6. The number of hydrogen-bond donors (Lipinski definition) is 1. The number of H-pyrrole nitrogens is 1. The van der Waals surface area contributed by atoms with Crippen LogP contribution in [0.3, 0.4) is 0 Å². The second kappa shape index (κ2) is 12.6. The average molecular weight is 541 g/mol. The number of para-hydroxylation sites is 2. The van der Waals surface area contributed by atoms with Gasteiger partial charge in [0.15, 0.2) is 0 Å². The molecule has 1 aromatic heterocycles. The first-order valence-corrected chi connectivity index (χ1v) is 14.5. The predicted molar refractivity (Wildman–Crippen MR) is 160 cm³/mol. The van der Waals surface area contributed by atoms with Gasteiger partial charge in [-0.2, -0.15) is 0 Å². The van der Waals surface area contributed by atoms with Crippen molar-refractivity contribution in [2.24, 2.45) is 0 Å². The average Bonchev–Trinajstić information content (AvgIpc) is 3.34. The van der Waals surface area contributed by atoms with Gasteiger partial charge in [0.2, 0.25) is 0 Å². The quantitative estimate of drug-likeness (QED) is 0.281. The number of methoxy groups -OCH3 is 1. The van der Waals surface area contributed by atoms with E-state index in [0.29, 0.717) is 13.1 Å². The Bertz CT molecular complexity index is 1490. The summed E-state index contributed by atoms with van der Waals surface area (Å²) in [5.74, 6) is 1.04. The van der Waals surface area contributed by atoms with E-state index in [0.717, 1.165) is 66.8 Å². The number of carbonyl (C=O) groups excluding carboxylic acids is 1. The monoisotopic (exact) mass is 540 g/mol. The van der Waals surface area contributed by atoms with Crippen LogP contribution < -0.4 is 10.4 Å². The van der Waals surface area contributed by atoms with Crippen molar-refractivity contribution in [2.75, 3.05) is 39.8 Å². The zero-order chi connectivity index (χ0) is 28.1. The summed E-state index contributed by atoms with van der Waals surface area (Å²) in [6.45, 7) is 8.25. The van der Waals surface area contributed by atoms with Gasteiger partial charge in [-0.05, 0) is 87.2 Å². The van der Waals surface area contributed by atoms with Crippen LogP contribution in [0.15, 0.2) is 77.6 Å². The number of amides is 1. The smallest absolute Gasteiger partial charge is 0.326 e. The van der Waals surface area contributed by atoms with Crippen LogP contribution in [0.2, 0.25) is 0 Å². The number of nitrogens with zero attached hydrogens (tertiary/aromatic N) is 3. The number of hydrogen-bond acceptors (Lipinski definition) is 4. The molecular formula is C33H40N4O3. The molecule has 1 fully saturated rings. The van der Waals surface area contributed by atoms with Gasteiger partial charge in [-0.25, -0.2) is 4.79 Å². The fourth-order valence-corrected chi connectivity index (χ4v) is 6.12. The summed E-state index contributed by atoms with van der Waals surface area (Å²) in [5, 5.41) is 0. The summed E-state index contributed by atoms with van der Waals surface area (Å²) < 4.78 is 7.49. The lowest BCUT2D eigenvalue weighted by atomic mass is 9.87. The molecule has 0 bridgehead atoms. The number of nitrogens with one attached hydrogen (secondary N) is 1. The first-order valence-electron chi connectivity index (χ1n) is 14.5. The summed E-state index contributed by atoms with van der Waals surface area (Å²) in [4.78, 5) is 33.2. The summed E-state index contributed by atoms with van der Waals surface area (Å²) in [6.07, 6.45) is 2.81. The number of benzene rings is 3. The lowest BCUT2D eigenvalue weighted by molar-refractivity contribution is 0.0773. The van der Waals surface area contributed by atoms with Crippen molar-refractivity contribution < 1.29 is 9.53 Å². The summed E-state index contributed by atoms with van der Waals surface area (Å²) in [6, 6.07) is 24.5. The van der Waals surface area contributed by atoms with Crippen molar-refractivity contribution in [3.8, 4) is 5.75 Å². The number of imidazole rings is 1. The number of ether oxygens (including phenoxy) is 1. The van der Waals surface area contributed by atoms with E-state index < -0.39 is 0 Å². The first kappa shape index (κ1) is 27.7. The predicted octanol–water partition coefficient (Wildman–Crippen LogP) is 5.68. The molecule has 2 heterocycles. The Labute approximate surface area is 236 Å². The van der Waals surface area contributed by atoms with E-state index >= 15 is 0 Å². The molecule has 210 valence electrons. The van der Waals surface area contributed by atoms with Crippen molar-refractivity contribution in [3.63, 3.8) is 0 Å². The van der Waals surface area contributed by atoms with Crippen molar-refractivity contribution in [1.29, 1.82) is 0 Å². The molecule has 1 N–H and O–H groups in total. The third kappa shape index (κ3) is 5.85. The topological polar surface area (TPSA) is 70.6 Å². The van der Waals surface area contributed by atoms with Gasteiger partial charge in [0.25, 0.3) is 5.91 Å². The Hall–Kier alpha value is -3.84. The molecule has 3 aromatic carbocycles. The molecule has 0 aliphatic carbocycles. The highest BCUT2D eigenvalue weighted by molar-refractivity contribution is 5.94. The third-order valence-corrected chi connectivity index (χ3v) is 8.36. The number of likely N-dealkylation sites (tertiary alicyclic amines) is 1. The third-order valence-electron chi connectivity index (χ3n) is 8.36. The minimum absolute atomic E-state index is 0.0168. The summed E-state index contributed by atoms with van der Waals surface area (Å²) in [7, 11) is 1.70. The molecule has 0 radical (unpaired) electrons. The molecule has 0 spiro atoms. The maximum atomic E-state index is 13.1. The van der Waals surface area contributed by atoms with Gasteiger partial charge in [-0.3, -0.25) is 9.36 Å². The Morgan fingerprint density at radius 3 is 2.40 bits per heavy atom. The first-order chi connectivity index (χ1) is 19.5. The Balaban J connectivity index is 1.32. The van der Waals surface area contributed by atoms with E-state index in [2.05, 4.69) is 34.1 Å². The molecule has 40 heavy (non-hydrogen) atoms. The lowest BCUT2D eigenvalue weighted by Crippen LogP contribution is -2.37. The molecule has 7 heteroatoms. The highest BCUT2D eigenvalue weighted by Crippen LogP contribution is 2.32. The molecule has 0 saturated carbocycles. The molecule has 1 amide bonds. The van der Waals surface area contributed by atoms with Crippen LogP contribution in [0, 0.1) is 0 Å². The number of aromatic nitrogens is 2. The highest BCUT2D eigenvalue weighted by atomic mass is 16.5. The SMILES string of the molecule is CCN(CC)C(=O)c1cccc(C(CCN2CCC(n3c(=O)[nH]c4ccccc43)CC2)c2cccc(OC)c2)c1. The number of aromatic amines is 1. The van der Waals surface area contributed by atoms with E-state index in [4.69, 9.17) is 4.74 Å². The number of rotatable bonds is 10. The van der Waals surface area contributed by atoms with Gasteiger partial charge >= 0.3 is 5.69 Å². The van der Waals surface area contributed by atoms with Gasteiger partial charge < -0.3 is 19.5 Å². The Kier molecular flexibility index (Phi) is 8.70. The van der Waals surface area contributed by atoms with Crippen LogP contribution in [0.1, 0.15) is 66.6 Å². The fourth-order valence-electron chi connectivity index (χ4n) is 6.12. The maximum absolute atomic E-state index is 13.1. The lowest BCUT2D eigenvalue weighted by Gasteiger charge is -2.33. The van der Waals surface area contributed by atoms with Crippen molar-refractivity contribution in [1.82, 2.24) is 19.4 Å². The standard InChI is InChI=1S/C33H40N4O3/c1-4-36(5-2)32(38)26-12-8-10-24(22-26)29(25-11-9-13-28(23-25)40-3)18-21-35-19-16-27(17-20-35)37-31-15-7-6-14-30(31)34-33(37)39/h6-15,22-23,27,29H,4-5,16-21H2,1-3H3,(H,34,39). The van der Waals surface area contributed by atoms with Crippen LogP contribution >= 0.6 is 0 Å². The Morgan fingerprint density at radius 2 is 1.68 bits per heavy atom. The van der Waals surface area contributed by atoms with Gasteiger partial charge in [0.1, 0.15) is 5.75 Å². The van der Waals surface area contributed by atoms with E-state index in [1.54, 1.807) is 7.11 Å². The van der Waals surface area contributed by atoms with Crippen molar-refractivity contribution >= 4 is 16.9 Å². The van der Waals surface area contributed by atoms with Crippen LogP contribution in [-0.2, 0) is 0 Å². The van der Waals surface area contributed by atoms with Gasteiger partial charge in [0, 0.05) is 43.7 Å². The maximum Gasteiger partial charge on any atom is 0.326 e. The Morgan fingerprint density at radius 1 is 0.975 bits per heavy atom. The van der Waals surface area contributed by atoms with Crippen LogP contribution in [-0.4, -0.2) is 65.1 Å². The molecule has 1 aliphatic rings. The normalized spacial score (nSPS) is 15.3. The molecular weight excluding hydrogens is 500 g/mol. The zero-order valence-electron chi connectivity index (χ0n) is 23.8. The molecule has 1 atom stereocenters. The highest BCUT2D eigenvalue weighted by Gasteiger charge is 2.25. The summed E-state index contributed by atoms with van der Waals surface area (Å²) in [5.41, 5.74) is 4.94. The fraction of sp³-hybridized carbons (Fsp3) is 0.394. The van der Waals surface area contributed by atoms with E-state index in [9.17, 15) is 9.59 Å². The number of carbonyl (C=O) groups is 1. The van der Waals surface area contributed by atoms with E-state index in [-0.39, 0.29) is 23.6 Å². The van der Waals surface area contributed by atoms with Crippen molar-refractivity contribution in [2.45, 2.75) is 45.1 Å². The van der Waals surface area contributed by atoms with Gasteiger partial charge in [-0.15, -0.1) is 0 Å². The molecule has 1 saturated heterocycles. The molecule has 1 unspecified atom stereocenters. The number of piperidine rings is 1. The minimum Gasteiger partial charge on any atom is -0.497 e.